The molecule has 0 N–H and O–H groups in total. The van der Waals surface area contributed by atoms with E-state index < -0.39 is 10.0 Å². The van der Waals surface area contributed by atoms with Gasteiger partial charge in [-0.05, 0) is 43.2 Å². The smallest absolute Gasteiger partial charge is 0.262 e. The molecule has 2 aromatic rings. The Kier molecular flexibility index (Phi) is 5.16. The molecule has 3 rings (SSSR count). The summed E-state index contributed by atoms with van der Waals surface area (Å²) in [5.41, 5.74) is 2.00. The molecule has 25 heavy (non-hydrogen) atoms. The fraction of sp³-hybridized carbons (Fsp3) is 0.316. The van der Waals surface area contributed by atoms with Crippen LogP contribution in [0.4, 0.5) is 0 Å². The quantitative estimate of drug-likeness (QED) is 0.766. The van der Waals surface area contributed by atoms with Crippen LogP contribution in [0, 0.1) is 6.92 Å². The fourth-order valence-electron chi connectivity index (χ4n) is 2.90. The van der Waals surface area contributed by atoms with E-state index in [0.29, 0.717) is 28.7 Å². The van der Waals surface area contributed by atoms with Crippen molar-refractivity contribution < 1.29 is 8.42 Å². The molecule has 0 saturated heterocycles. The molecule has 0 amide bonds. The minimum absolute atomic E-state index is 0.195. The van der Waals surface area contributed by atoms with Gasteiger partial charge in [-0.2, -0.15) is 0 Å². The van der Waals surface area contributed by atoms with Crippen molar-refractivity contribution in [2.75, 3.05) is 6.54 Å². The summed E-state index contributed by atoms with van der Waals surface area (Å²) in [6.07, 6.45) is 1.47. The van der Waals surface area contributed by atoms with Crippen molar-refractivity contribution in [3.63, 3.8) is 0 Å². The number of hydrogen-bond acceptors (Lipinski definition) is 3. The third-order valence-corrected chi connectivity index (χ3v) is 6.33. The van der Waals surface area contributed by atoms with Gasteiger partial charge < -0.3 is 0 Å². The summed E-state index contributed by atoms with van der Waals surface area (Å²) in [4.78, 5) is 4.99. The molecule has 6 heteroatoms. The Morgan fingerprint density at radius 3 is 2.36 bits per heavy atom. The highest BCUT2D eigenvalue weighted by atomic mass is 35.5. The van der Waals surface area contributed by atoms with Crippen molar-refractivity contribution in [3.05, 3.63) is 64.7 Å². The second-order valence-corrected chi connectivity index (χ2v) is 8.51. The first kappa shape index (κ1) is 18.0. The number of aryl methyl sites for hydroxylation is 1. The standard InChI is InChI=1S/C19H21ClN2O2S/c1-3-4-19-21-18(15-7-9-16(20)10-8-15)13-22(19)25(23,24)17-11-5-14(2)6-12-17/h5-12,18H,3-4,13H2,1-2H3. The molecule has 0 aromatic heterocycles. The number of benzene rings is 2. The number of amidine groups is 1. The SMILES string of the molecule is CCCC1=NC(c2ccc(Cl)cc2)CN1S(=O)(=O)c1ccc(C)cc1. The highest BCUT2D eigenvalue weighted by Gasteiger charge is 2.35. The van der Waals surface area contributed by atoms with Crippen LogP contribution in [0.25, 0.3) is 0 Å². The van der Waals surface area contributed by atoms with Crippen LogP contribution in [0.2, 0.25) is 5.02 Å². The van der Waals surface area contributed by atoms with Gasteiger partial charge in [0.15, 0.2) is 0 Å². The fourth-order valence-corrected chi connectivity index (χ4v) is 4.51. The molecule has 0 radical (unpaired) electrons. The molecule has 1 heterocycles. The summed E-state index contributed by atoms with van der Waals surface area (Å²) in [6.45, 7) is 4.29. The molecule has 1 aliphatic heterocycles. The number of aliphatic imine (C=N–C) groups is 1. The van der Waals surface area contributed by atoms with E-state index in [1.54, 1.807) is 12.1 Å². The summed E-state index contributed by atoms with van der Waals surface area (Å²) < 4.78 is 27.6. The molecular formula is C19H21ClN2O2S. The zero-order valence-electron chi connectivity index (χ0n) is 14.3. The van der Waals surface area contributed by atoms with E-state index in [1.807, 2.05) is 50.2 Å². The molecule has 2 aromatic carbocycles. The van der Waals surface area contributed by atoms with Gasteiger partial charge in [0.25, 0.3) is 10.0 Å². The van der Waals surface area contributed by atoms with Crippen LogP contribution in [0.15, 0.2) is 58.4 Å². The highest BCUT2D eigenvalue weighted by molar-refractivity contribution is 7.89. The normalized spacial score (nSPS) is 17.6. The van der Waals surface area contributed by atoms with Gasteiger partial charge in [-0.25, -0.2) is 8.42 Å². The minimum Gasteiger partial charge on any atom is -0.262 e. The summed E-state index contributed by atoms with van der Waals surface area (Å²) in [5, 5.41) is 0.656. The van der Waals surface area contributed by atoms with Crippen molar-refractivity contribution in [3.8, 4) is 0 Å². The van der Waals surface area contributed by atoms with Crippen LogP contribution in [-0.4, -0.2) is 25.1 Å². The zero-order chi connectivity index (χ0) is 18.0. The largest absolute Gasteiger partial charge is 0.265 e. The Labute approximate surface area is 154 Å². The monoisotopic (exact) mass is 376 g/mol. The van der Waals surface area contributed by atoms with Gasteiger partial charge in [-0.1, -0.05) is 48.4 Å². The molecule has 132 valence electrons. The summed E-state index contributed by atoms with van der Waals surface area (Å²) in [5.74, 6) is 0.628. The van der Waals surface area contributed by atoms with E-state index in [-0.39, 0.29) is 6.04 Å². The van der Waals surface area contributed by atoms with Crippen LogP contribution in [0.3, 0.4) is 0 Å². The molecule has 0 bridgehead atoms. The lowest BCUT2D eigenvalue weighted by atomic mass is 10.1. The Bertz CT molecular complexity index is 875. The van der Waals surface area contributed by atoms with Gasteiger partial charge in [0, 0.05) is 11.4 Å². The molecule has 0 spiro atoms. The van der Waals surface area contributed by atoms with Crippen molar-refractivity contribution >= 4 is 27.5 Å². The Hall–Kier alpha value is -1.85. The Balaban J connectivity index is 1.94. The average molecular weight is 377 g/mol. The summed E-state index contributed by atoms with van der Waals surface area (Å²) in [7, 11) is -3.60. The predicted molar refractivity (Wildman–Crippen MR) is 102 cm³/mol. The molecule has 1 unspecified atom stereocenters. The van der Waals surface area contributed by atoms with Gasteiger partial charge in [0.2, 0.25) is 0 Å². The van der Waals surface area contributed by atoms with Gasteiger partial charge >= 0.3 is 0 Å². The van der Waals surface area contributed by atoms with Crippen LogP contribution < -0.4 is 0 Å². The van der Waals surface area contributed by atoms with E-state index >= 15 is 0 Å². The van der Waals surface area contributed by atoms with Crippen molar-refractivity contribution in [1.29, 1.82) is 0 Å². The molecular weight excluding hydrogens is 356 g/mol. The maximum absolute atomic E-state index is 13.1. The molecule has 1 atom stereocenters. The molecule has 0 saturated carbocycles. The summed E-state index contributed by atoms with van der Waals surface area (Å²) >= 11 is 5.95. The van der Waals surface area contributed by atoms with Crippen molar-refractivity contribution in [1.82, 2.24) is 4.31 Å². The van der Waals surface area contributed by atoms with Crippen molar-refractivity contribution in [2.45, 2.75) is 37.6 Å². The third kappa shape index (κ3) is 3.72. The van der Waals surface area contributed by atoms with Crippen LogP contribution in [-0.2, 0) is 10.0 Å². The van der Waals surface area contributed by atoms with Crippen molar-refractivity contribution in [2.24, 2.45) is 4.99 Å². The second kappa shape index (κ2) is 7.18. The predicted octanol–water partition coefficient (Wildman–Crippen LogP) is 4.59. The number of sulfonamides is 1. The molecule has 0 fully saturated rings. The van der Waals surface area contributed by atoms with E-state index in [4.69, 9.17) is 11.6 Å². The lowest BCUT2D eigenvalue weighted by Crippen LogP contribution is -2.34. The van der Waals surface area contributed by atoms with Gasteiger partial charge in [-0.3, -0.25) is 9.30 Å². The number of rotatable bonds is 5. The first-order chi connectivity index (χ1) is 11.9. The molecule has 1 aliphatic rings. The average Bonchev–Trinajstić information content (AvgIpc) is 3.01. The Morgan fingerprint density at radius 2 is 1.76 bits per heavy atom. The number of halogens is 1. The summed E-state index contributed by atoms with van der Waals surface area (Å²) in [6, 6.07) is 14.2. The first-order valence-electron chi connectivity index (χ1n) is 8.33. The van der Waals surface area contributed by atoms with Crippen LogP contribution in [0.1, 0.15) is 36.9 Å². The van der Waals surface area contributed by atoms with E-state index in [1.165, 1.54) is 4.31 Å². The van der Waals surface area contributed by atoms with Crippen LogP contribution >= 0.6 is 11.6 Å². The number of hydrogen-bond donors (Lipinski definition) is 0. The van der Waals surface area contributed by atoms with E-state index in [0.717, 1.165) is 17.5 Å². The third-order valence-electron chi connectivity index (χ3n) is 4.27. The maximum Gasteiger partial charge on any atom is 0.265 e. The van der Waals surface area contributed by atoms with E-state index in [2.05, 4.69) is 4.99 Å². The minimum atomic E-state index is -3.60. The lowest BCUT2D eigenvalue weighted by molar-refractivity contribution is 0.516. The van der Waals surface area contributed by atoms with E-state index in [9.17, 15) is 8.42 Å². The first-order valence-corrected chi connectivity index (χ1v) is 10.1. The Morgan fingerprint density at radius 1 is 1.12 bits per heavy atom. The molecule has 0 aliphatic carbocycles. The maximum atomic E-state index is 13.1. The second-order valence-electron chi connectivity index (χ2n) is 6.21. The highest BCUT2D eigenvalue weighted by Crippen LogP contribution is 2.31. The van der Waals surface area contributed by atoms with Crippen LogP contribution in [0.5, 0.6) is 0 Å². The van der Waals surface area contributed by atoms with Gasteiger partial charge in [-0.15, -0.1) is 0 Å². The number of nitrogens with zero attached hydrogens (tertiary/aromatic N) is 2. The lowest BCUT2D eigenvalue weighted by Gasteiger charge is -2.21. The van der Waals surface area contributed by atoms with Gasteiger partial charge in [0.1, 0.15) is 5.84 Å². The van der Waals surface area contributed by atoms with Gasteiger partial charge in [0.05, 0.1) is 17.5 Å². The molecule has 4 nitrogen and oxygen atoms in total. The topological polar surface area (TPSA) is 49.7 Å². The zero-order valence-corrected chi connectivity index (χ0v) is 15.9.